The lowest BCUT2D eigenvalue weighted by atomic mass is 10.0. The van der Waals surface area contributed by atoms with Gasteiger partial charge in [0.15, 0.2) is 11.9 Å². The van der Waals surface area contributed by atoms with Crippen LogP contribution in [0.3, 0.4) is 0 Å². The Bertz CT molecular complexity index is 841. The molecule has 0 aliphatic rings. The molecule has 0 saturated carbocycles. The van der Waals surface area contributed by atoms with Crippen LogP contribution in [0.25, 0.3) is 0 Å². The van der Waals surface area contributed by atoms with Crippen molar-refractivity contribution in [1.29, 1.82) is 0 Å². The number of rotatable bonds is 5. The lowest BCUT2D eigenvalue weighted by molar-refractivity contribution is 0.103. The zero-order chi connectivity index (χ0) is 17.1. The highest BCUT2D eigenvalue weighted by Gasteiger charge is 2.15. The number of ether oxygens (including phenoxy) is 1. The second kappa shape index (κ2) is 6.62. The molecule has 6 heteroatoms. The molecule has 0 saturated heterocycles. The van der Waals surface area contributed by atoms with E-state index in [-0.39, 0.29) is 11.6 Å². The molecule has 1 heterocycles. The van der Waals surface area contributed by atoms with Crippen LogP contribution in [-0.2, 0) is 0 Å². The molecule has 2 aromatic carbocycles. The van der Waals surface area contributed by atoms with Gasteiger partial charge in [0.2, 0.25) is 5.89 Å². The van der Waals surface area contributed by atoms with E-state index in [2.05, 4.69) is 10.2 Å². The summed E-state index contributed by atoms with van der Waals surface area (Å²) < 4.78 is 24.0. The van der Waals surface area contributed by atoms with E-state index in [1.807, 2.05) is 0 Å². The normalized spacial score (nSPS) is 12.0. The van der Waals surface area contributed by atoms with Crippen molar-refractivity contribution >= 4 is 5.78 Å². The first-order chi connectivity index (χ1) is 11.5. The molecule has 3 aromatic rings. The van der Waals surface area contributed by atoms with Gasteiger partial charge in [-0.1, -0.05) is 0 Å². The second-order valence-electron chi connectivity index (χ2n) is 5.28. The highest BCUT2D eigenvalue weighted by atomic mass is 19.1. The summed E-state index contributed by atoms with van der Waals surface area (Å²) in [4.78, 5) is 12.3. The number of carbonyl (C=O) groups excluding carboxylic acids is 1. The monoisotopic (exact) mass is 326 g/mol. The van der Waals surface area contributed by atoms with E-state index in [4.69, 9.17) is 9.15 Å². The number of hydrogen-bond acceptors (Lipinski definition) is 5. The summed E-state index contributed by atoms with van der Waals surface area (Å²) in [6.07, 6.45) is -0.398. The Morgan fingerprint density at radius 1 is 1.04 bits per heavy atom. The first-order valence-corrected chi connectivity index (χ1v) is 7.40. The average molecular weight is 326 g/mol. The van der Waals surface area contributed by atoms with Crippen LogP contribution in [0.1, 0.15) is 40.7 Å². The van der Waals surface area contributed by atoms with E-state index in [1.54, 1.807) is 38.1 Å². The summed E-state index contributed by atoms with van der Waals surface area (Å²) >= 11 is 0. The van der Waals surface area contributed by atoms with E-state index in [1.165, 1.54) is 24.3 Å². The molecule has 0 fully saturated rings. The third-order valence-corrected chi connectivity index (χ3v) is 3.43. The predicted octanol–water partition coefficient (Wildman–Crippen LogP) is 3.89. The van der Waals surface area contributed by atoms with E-state index in [0.29, 0.717) is 28.7 Å². The van der Waals surface area contributed by atoms with Crippen LogP contribution in [0.2, 0.25) is 0 Å². The van der Waals surface area contributed by atoms with Crippen LogP contribution in [0.15, 0.2) is 52.9 Å². The molecule has 0 spiro atoms. The van der Waals surface area contributed by atoms with Gasteiger partial charge in [-0.3, -0.25) is 4.79 Å². The van der Waals surface area contributed by atoms with Gasteiger partial charge in [-0.2, -0.15) is 0 Å². The maximum Gasteiger partial charge on any atom is 0.256 e. The average Bonchev–Trinajstić information content (AvgIpc) is 3.02. The minimum Gasteiger partial charge on any atom is -0.481 e. The third-order valence-electron chi connectivity index (χ3n) is 3.43. The van der Waals surface area contributed by atoms with E-state index >= 15 is 0 Å². The molecule has 1 aromatic heterocycles. The molecule has 0 radical (unpaired) electrons. The Morgan fingerprint density at radius 2 is 1.62 bits per heavy atom. The van der Waals surface area contributed by atoms with Gasteiger partial charge in [0.1, 0.15) is 11.6 Å². The molecule has 0 aliphatic carbocycles. The first kappa shape index (κ1) is 15.9. The minimum absolute atomic E-state index is 0.179. The number of carbonyl (C=O) groups is 1. The molecule has 0 unspecified atom stereocenters. The third kappa shape index (κ3) is 3.48. The van der Waals surface area contributed by atoms with Gasteiger partial charge in [0, 0.05) is 18.1 Å². The summed E-state index contributed by atoms with van der Waals surface area (Å²) in [5, 5.41) is 7.67. The highest BCUT2D eigenvalue weighted by molar-refractivity contribution is 6.08. The summed E-state index contributed by atoms with van der Waals surface area (Å²) in [6, 6.07) is 12.1. The standard InChI is InChI=1S/C18H15FN2O3/c1-11(18-21-20-12(2)24-18)23-16-9-5-14(6-10-16)17(22)13-3-7-15(19)8-4-13/h3-11H,1-2H3/t11-/m1/s1. The number of ketones is 1. The van der Waals surface area contributed by atoms with Crippen molar-refractivity contribution in [1.82, 2.24) is 10.2 Å². The molecule has 0 bridgehead atoms. The van der Waals surface area contributed by atoms with Crippen molar-refractivity contribution in [3.05, 3.63) is 77.3 Å². The Morgan fingerprint density at radius 3 is 2.17 bits per heavy atom. The van der Waals surface area contributed by atoms with Crippen molar-refractivity contribution < 1.29 is 18.3 Å². The van der Waals surface area contributed by atoms with E-state index in [0.717, 1.165) is 0 Å². The topological polar surface area (TPSA) is 65.2 Å². The molecule has 0 aliphatic heterocycles. The summed E-state index contributed by atoms with van der Waals surface area (Å²) in [6.45, 7) is 3.50. The van der Waals surface area contributed by atoms with Gasteiger partial charge in [0.05, 0.1) is 0 Å². The molecule has 122 valence electrons. The maximum absolute atomic E-state index is 12.9. The largest absolute Gasteiger partial charge is 0.481 e. The van der Waals surface area contributed by atoms with Gasteiger partial charge >= 0.3 is 0 Å². The molecular formula is C18H15FN2O3. The molecule has 3 rings (SSSR count). The van der Waals surface area contributed by atoms with Crippen LogP contribution in [0.4, 0.5) is 4.39 Å². The van der Waals surface area contributed by atoms with Crippen LogP contribution in [0.5, 0.6) is 5.75 Å². The smallest absolute Gasteiger partial charge is 0.256 e. The first-order valence-electron chi connectivity index (χ1n) is 7.40. The number of halogens is 1. The lowest BCUT2D eigenvalue weighted by Crippen LogP contribution is -2.05. The van der Waals surface area contributed by atoms with Crippen molar-refractivity contribution in [2.45, 2.75) is 20.0 Å². The predicted molar refractivity (Wildman–Crippen MR) is 84.4 cm³/mol. The van der Waals surface area contributed by atoms with Gasteiger partial charge in [0.25, 0.3) is 5.89 Å². The van der Waals surface area contributed by atoms with Gasteiger partial charge < -0.3 is 9.15 Å². The summed E-state index contributed by atoms with van der Waals surface area (Å²) in [5.74, 6) is 0.885. The number of aryl methyl sites for hydroxylation is 1. The van der Waals surface area contributed by atoms with Crippen molar-refractivity contribution in [3.8, 4) is 5.75 Å². The Kier molecular flexibility index (Phi) is 4.37. The van der Waals surface area contributed by atoms with Gasteiger partial charge in [-0.15, -0.1) is 10.2 Å². The molecule has 1 atom stereocenters. The fourth-order valence-corrected chi connectivity index (χ4v) is 2.18. The van der Waals surface area contributed by atoms with Gasteiger partial charge in [-0.05, 0) is 55.5 Å². The summed E-state index contributed by atoms with van der Waals surface area (Å²) in [5.41, 5.74) is 0.926. The zero-order valence-electron chi connectivity index (χ0n) is 13.2. The molecule has 5 nitrogen and oxygen atoms in total. The number of benzene rings is 2. The van der Waals surface area contributed by atoms with Crippen LogP contribution >= 0.6 is 0 Å². The Hall–Kier alpha value is -3.02. The fraction of sp³-hybridized carbons (Fsp3) is 0.167. The number of hydrogen-bond donors (Lipinski definition) is 0. The molecular weight excluding hydrogens is 311 g/mol. The highest BCUT2D eigenvalue weighted by Crippen LogP contribution is 2.22. The SMILES string of the molecule is Cc1nnc([C@@H](C)Oc2ccc(C(=O)c3ccc(F)cc3)cc2)o1. The second-order valence-corrected chi connectivity index (χ2v) is 5.28. The van der Waals surface area contributed by atoms with Crippen LogP contribution in [-0.4, -0.2) is 16.0 Å². The summed E-state index contributed by atoms with van der Waals surface area (Å²) in [7, 11) is 0. The Balaban J connectivity index is 1.71. The van der Waals surface area contributed by atoms with Gasteiger partial charge in [-0.25, -0.2) is 4.39 Å². The maximum atomic E-state index is 12.9. The minimum atomic E-state index is -0.398. The lowest BCUT2D eigenvalue weighted by Gasteiger charge is -2.11. The zero-order valence-corrected chi connectivity index (χ0v) is 13.2. The van der Waals surface area contributed by atoms with Crippen LogP contribution < -0.4 is 4.74 Å². The van der Waals surface area contributed by atoms with E-state index < -0.39 is 6.10 Å². The quantitative estimate of drug-likeness (QED) is 0.666. The molecule has 0 amide bonds. The van der Waals surface area contributed by atoms with E-state index in [9.17, 15) is 9.18 Å². The molecule has 0 N–H and O–H groups in total. The van der Waals surface area contributed by atoms with Crippen molar-refractivity contribution in [2.75, 3.05) is 0 Å². The fourth-order valence-electron chi connectivity index (χ4n) is 2.18. The Labute approximate surface area is 138 Å². The number of nitrogens with zero attached hydrogens (tertiary/aromatic N) is 2. The van der Waals surface area contributed by atoms with Crippen LogP contribution in [0, 0.1) is 12.7 Å². The molecule has 24 heavy (non-hydrogen) atoms. The van der Waals surface area contributed by atoms with Crippen molar-refractivity contribution in [3.63, 3.8) is 0 Å². The van der Waals surface area contributed by atoms with Crippen molar-refractivity contribution in [2.24, 2.45) is 0 Å². The number of aromatic nitrogens is 2.